The van der Waals surface area contributed by atoms with Gasteiger partial charge in [0.05, 0.1) is 6.33 Å². The number of carboxylic acids is 1. The summed E-state index contributed by atoms with van der Waals surface area (Å²) in [5.41, 5.74) is 6.48. The summed E-state index contributed by atoms with van der Waals surface area (Å²) in [7, 11) is 0. The first kappa shape index (κ1) is 17.7. The number of carboxylic acid groups (broad SMARTS) is 1. The van der Waals surface area contributed by atoms with Gasteiger partial charge in [0.15, 0.2) is 17.7 Å². The first-order valence-corrected chi connectivity index (χ1v) is 8.21. The second kappa shape index (κ2) is 7.04. The molecule has 0 aliphatic carbocycles. The quantitative estimate of drug-likeness (QED) is 0.536. The Hall–Kier alpha value is -2.08. The van der Waals surface area contributed by atoms with Crippen LogP contribution in [0.4, 0.5) is 5.82 Å². The third-order valence-corrected chi connectivity index (χ3v) is 4.64. The SMILES string of the molecule is Nc1ncnc2c1ncn2[C@@H]1O[C@H](/C(Br)=C\CCC(=O)O)[C@@H](O)[C@H]1O. The van der Waals surface area contributed by atoms with E-state index in [1.54, 1.807) is 6.08 Å². The molecule has 3 rings (SSSR count). The number of aliphatic hydroxyl groups excluding tert-OH is 2. The van der Waals surface area contributed by atoms with E-state index < -0.39 is 30.5 Å². The largest absolute Gasteiger partial charge is 0.481 e. The maximum atomic E-state index is 10.6. The number of aromatic nitrogens is 4. The van der Waals surface area contributed by atoms with E-state index in [-0.39, 0.29) is 18.7 Å². The normalized spacial score (nSPS) is 27.1. The molecule has 0 saturated carbocycles. The molecule has 11 heteroatoms. The van der Waals surface area contributed by atoms with Gasteiger partial charge in [-0.05, 0) is 6.42 Å². The third-order valence-electron chi connectivity index (χ3n) is 3.87. The average Bonchev–Trinajstić information content (AvgIpc) is 3.10. The number of rotatable bonds is 5. The predicted molar refractivity (Wildman–Crippen MR) is 89.5 cm³/mol. The van der Waals surface area contributed by atoms with Crippen molar-refractivity contribution in [3.05, 3.63) is 23.2 Å². The monoisotopic (exact) mass is 413 g/mol. The summed E-state index contributed by atoms with van der Waals surface area (Å²) in [5.74, 6) is -0.729. The molecule has 1 aliphatic rings. The summed E-state index contributed by atoms with van der Waals surface area (Å²) < 4.78 is 7.69. The van der Waals surface area contributed by atoms with Crippen molar-refractivity contribution in [2.75, 3.05) is 5.73 Å². The molecule has 0 bridgehead atoms. The zero-order chi connectivity index (χ0) is 18.1. The van der Waals surface area contributed by atoms with Gasteiger partial charge in [-0.15, -0.1) is 0 Å². The number of carbonyl (C=O) groups is 1. The molecular formula is C14H16BrN5O5. The molecule has 0 unspecified atom stereocenters. The van der Waals surface area contributed by atoms with Crippen LogP contribution in [-0.2, 0) is 9.53 Å². The molecule has 5 N–H and O–H groups in total. The Labute approximate surface area is 150 Å². The van der Waals surface area contributed by atoms with E-state index in [4.69, 9.17) is 15.6 Å². The number of imidazole rings is 1. The molecule has 3 heterocycles. The number of hydrogen-bond donors (Lipinski definition) is 4. The van der Waals surface area contributed by atoms with Crippen molar-refractivity contribution in [2.24, 2.45) is 0 Å². The van der Waals surface area contributed by atoms with E-state index in [9.17, 15) is 15.0 Å². The zero-order valence-electron chi connectivity index (χ0n) is 12.9. The number of halogens is 1. The molecule has 0 radical (unpaired) electrons. The summed E-state index contributed by atoms with van der Waals surface area (Å²) in [6, 6.07) is 0. The van der Waals surface area contributed by atoms with Gasteiger partial charge >= 0.3 is 5.97 Å². The number of nitrogens with two attached hydrogens (primary N) is 1. The van der Waals surface area contributed by atoms with E-state index in [0.29, 0.717) is 15.6 Å². The van der Waals surface area contributed by atoms with Crippen molar-refractivity contribution < 1.29 is 24.9 Å². The molecule has 0 amide bonds. The highest BCUT2D eigenvalue weighted by molar-refractivity contribution is 9.11. The molecule has 134 valence electrons. The lowest BCUT2D eigenvalue weighted by Gasteiger charge is -2.16. The van der Waals surface area contributed by atoms with Crippen LogP contribution in [-0.4, -0.2) is 59.1 Å². The lowest BCUT2D eigenvalue weighted by molar-refractivity contribution is -0.136. The van der Waals surface area contributed by atoms with Gasteiger partial charge in [0.1, 0.15) is 30.2 Å². The number of anilines is 1. The smallest absolute Gasteiger partial charge is 0.303 e. The van der Waals surface area contributed by atoms with Gasteiger partial charge in [-0.1, -0.05) is 22.0 Å². The van der Waals surface area contributed by atoms with Crippen molar-refractivity contribution >= 4 is 38.9 Å². The third kappa shape index (κ3) is 3.35. The highest BCUT2D eigenvalue weighted by Crippen LogP contribution is 2.36. The minimum absolute atomic E-state index is 0.0494. The van der Waals surface area contributed by atoms with Gasteiger partial charge in [-0.2, -0.15) is 0 Å². The lowest BCUT2D eigenvalue weighted by Crippen LogP contribution is -2.31. The molecule has 2 aromatic heterocycles. The average molecular weight is 414 g/mol. The Balaban J connectivity index is 1.84. The van der Waals surface area contributed by atoms with Crippen LogP contribution in [0.25, 0.3) is 11.2 Å². The van der Waals surface area contributed by atoms with E-state index in [1.165, 1.54) is 17.2 Å². The fourth-order valence-corrected chi connectivity index (χ4v) is 3.23. The van der Waals surface area contributed by atoms with Crippen molar-refractivity contribution in [3.63, 3.8) is 0 Å². The maximum Gasteiger partial charge on any atom is 0.303 e. The molecule has 1 fully saturated rings. The van der Waals surface area contributed by atoms with Gasteiger partial charge in [0, 0.05) is 10.9 Å². The Kier molecular flexibility index (Phi) is 4.99. The van der Waals surface area contributed by atoms with Crippen molar-refractivity contribution in [1.29, 1.82) is 0 Å². The summed E-state index contributed by atoms with van der Waals surface area (Å²) in [6.45, 7) is 0. The van der Waals surface area contributed by atoms with Crippen molar-refractivity contribution in [3.8, 4) is 0 Å². The second-order valence-electron chi connectivity index (χ2n) is 5.53. The second-order valence-corrected chi connectivity index (χ2v) is 6.45. The van der Waals surface area contributed by atoms with Crippen molar-refractivity contribution in [1.82, 2.24) is 19.5 Å². The van der Waals surface area contributed by atoms with Gasteiger partial charge in [0.2, 0.25) is 0 Å². The fourth-order valence-electron chi connectivity index (χ4n) is 2.62. The fraction of sp³-hybridized carbons (Fsp3) is 0.429. The number of nitrogen functional groups attached to an aromatic ring is 1. The summed E-state index contributed by atoms with van der Waals surface area (Å²) >= 11 is 3.28. The molecule has 4 atom stereocenters. The topological polar surface area (TPSA) is 157 Å². The highest BCUT2D eigenvalue weighted by atomic mass is 79.9. The van der Waals surface area contributed by atoms with E-state index in [1.807, 2.05) is 0 Å². The zero-order valence-corrected chi connectivity index (χ0v) is 14.4. The van der Waals surface area contributed by atoms with E-state index >= 15 is 0 Å². The molecular weight excluding hydrogens is 398 g/mol. The molecule has 0 spiro atoms. The van der Waals surface area contributed by atoms with Crippen LogP contribution in [0, 0.1) is 0 Å². The molecule has 0 aromatic carbocycles. The van der Waals surface area contributed by atoms with Gasteiger partial charge in [-0.3, -0.25) is 9.36 Å². The Morgan fingerprint density at radius 2 is 2.12 bits per heavy atom. The van der Waals surface area contributed by atoms with Crippen molar-refractivity contribution in [2.45, 2.75) is 37.4 Å². The first-order chi connectivity index (χ1) is 11.9. The number of hydrogen-bond acceptors (Lipinski definition) is 8. The highest BCUT2D eigenvalue weighted by Gasteiger charge is 2.45. The van der Waals surface area contributed by atoms with Crippen LogP contribution >= 0.6 is 15.9 Å². The van der Waals surface area contributed by atoms with Gasteiger partial charge in [0.25, 0.3) is 0 Å². The van der Waals surface area contributed by atoms with Crippen LogP contribution in [0.15, 0.2) is 23.2 Å². The number of aliphatic hydroxyl groups is 2. The molecule has 1 saturated heterocycles. The lowest BCUT2D eigenvalue weighted by atomic mass is 10.1. The standard InChI is InChI=1S/C14H16BrN5O5/c15-6(2-1-3-7(21)22)11-9(23)10(24)14(25-11)20-5-19-8-12(16)17-4-18-13(8)20/h2,4-5,9-11,14,23-24H,1,3H2,(H,21,22)(H2,16,17,18)/b6-2+/t9-,10+,11+,14+/m0/s1. The first-order valence-electron chi connectivity index (χ1n) is 7.42. The van der Waals surface area contributed by atoms with Crippen LogP contribution in [0.3, 0.4) is 0 Å². The van der Waals surface area contributed by atoms with Gasteiger partial charge in [-0.25, -0.2) is 15.0 Å². The Morgan fingerprint density at radius 3 is 2.84 bits per heavy atom. The molecule has 2 aromatic rings. The summed E-state index contributed by atoms with van der Waals surface area (Å²) in [4.78, 5) is 22.6. The summed E-state index contributed by atoms with van der Waals surface area (Å²) in [5, 5.41) is 29.3. The van der Waals surface area contributed by atoms with Crippen LogP contribution in [0.5, 0.6) is 0 Å². The number of allylic oxidation sites excluding steroid dienone is 1. The summed E-state index contributed by atoms with van der Waals surface area (Å²) in [6.07, 6.45) is 0.269. The minimum Gasteiger partial charge on any atom is -0.481 e. The number of aliphatic carboxylic acids is 1. The molecule has 1 aliphatic heterocycles. The van der Waals surface area contributed by atoms with Crippen LogP contribution in [0.1, 0.15) is 19.1 Å². The maximum absolute atomic E-state index is 10.6. The Morgan fingerprint density at radius 1 is 1.36 bits per heavy atom. The number of ether oxygens (including phenoxy) is 1. The predicted octanol–water partition coefficient (Wildman–Crippen LogP) is 0.171. The molecule has 25 heavy (non-hydrogen) atoms. The minimum atomic E-state index is -1.24. The number of nitrogens with zero attached hydrogens (tertiary/aromatic N) is 4. The Bertz CT molecular complexity index is 825. The van der Waals surface area contributed by atoms with E-state index in [2.05, 4.69) is 30.9 Å². The van der Waals surface area contributed by atoms with E-state index in [0.717, 1.165) is 0 Å². The molecule has 10 nitrogen and oxygen atoms in total. The number of fused-ring (bicyclic) bond motifs is 1. The van der Waals surface area contributed by atoms with Crippen LogP contribution in [0.2, 0.25) is 0 Å². The van der Waals surface area contributed by atoms with Gasteiger partial charge < -0.3 is 25.8 Å². The van der Waals surface area contributed by atoms with Crippen LogP contribution < -0.4 is 5.73 Å².